The summed E-state index contributed by atoms with van der Waals surface area (Å²) in [5.41, 5.74) is 5.37. The highest BCUT2D eigenvalue weighted by molar-refractivity contribution is 5.94. The van der Waals surface area contributed by atoms with Gasteiger partial charge in [-0.1, -0.05) is 32.1 Å². The fraction of sp³-hybridized carbons (Fsp3) is 0.304. The van der Waals surface area contributed by atoms with Crippen LogP contribution in [0, 0.1) is 6.92 Å². The van der Waals surface area contributed by atoms with Crippen LogP contribution in [0.15, 0.2) is 49.1 Å². The lowest BCUT2D eigenvalue weighted by Crippen LogP contribution is -2.09. The fourth-order valence-corrected chi connectivity index (χ4v) is 2.67. The van der Waals surface area contributed by atoms with Crippen molar-refractivity contribution in [3.05, 3.63) is 65.7 Å². The fourth-order valence-electron chi connectivity index (χ4n) is 2.67. The second kappa shape index (κ2) is 10.3. The van der Waals surface area contributed by atoms with Crippen LogP contribution in [-0.2, 0) is 0 Å². The van der Waals surface area contributed by atoms with Gasteiger partial charge >= 0.3 is 0 Å². The number of allylic oxidation sites excluding steroid dienone is 2. The van der Waals surface area contributed by atoms with Gasteiger partial charge in [0.25, 0.3) is 0 Å². The number of aryl methyl sites for hydroxylation is 1. The molecule has 0 saturated carbocycles. The Morgan fingerprint density at radius 3 is 2.38 bits per heavy atom. The van der Waals surface area contributed by atoms with E-state index in [9.17, 15) is 5.11 Å². The zero-order valence-corrected chi connectivity index (χ0v) is 16.7. The highest BCUT2D eigenvalue weighted by Gasteiger charge is 2.19. The third-order valence-corrected chi connectivity index (χ3v) is 3.95. The molecule has 3 rings (SSSR count). The van der Waals surface area contributed by atoms with E-state index in [0.717, 1.165) is 39.3 Å². The number of fused-ring (bicyclic) bond motifs is 1. The molecule has 1 aliphatic heterocycles. The van der Waals surface area contributed by atoms with Gasteiger partial charge in [0.2, 0.25) is 0 Å². The summed E-state index contributed by atoms with van der Waals surface area (Å²) in [5.74, 6) is 1.93. The quantitative estimate of drug-likeness (QED) is 0.648. The predicted molar refractivity (Wildman–Crippen MR) is 111 cm³/mol. The normalized spacial score (nSPS) is 11.8. The van der Waals surface area contributed by atoms with Crippen molar-refractivity contribution in [2.75, 3.05) is 13.7 Å². The molecule has 3 heteroatoms. The largest absolute Gasteiger partial charge is 0.508 e. The third-order valence-electron chi connectivity index (χ3n) is 3.95. The van der Waals surface area contributed by atoms with E-state index in [-0.39, 0.29) is 5.75 Å². The minimum atomic E-state index is 0.249. The van der Waals surface area contributed by atoms with Crippen molar-refractivity contribution in [2.45, 2.75) is 34.6 Å². The van der Waals surface area contributed by atoms with Gasteiger partial charge in [0.1, 0.15) is 23.9 Å². The van der Waals surface area contributed by atoms with E-state index < -0.39 is 0 Å². The molecule has 0 bridgehead atoms. The molecule has 0 aromatic heterocycles. The Bertz CT molecular complexity index is 773. The molecule has 0 unspecified atom stereocenters. The number of benzene rings is 2. The Hall–Kier alpha value is -2.68. The van der Waals surface area contributed by atoms with Crippen LogP contribution < -0.4 is 9.47 Å². The Balaban J connectivity index is 0.000000615. The molecule has 0 radical (unpaired) electrons. The second-order valence-corrected chi connectivity index (χ2v) is 5.67. The van der Waals surface area contributed by atoms with E-state index in [1.807, 2.05) is 39.8 Å². The van der Waals surface area contributed by atoms with Crippen molar-refractivity contribution in [1.82, 2.24) is 0 Å². The summed E-state index contributed by atoms with van der Waals surface area (Å²) in [6, 6.07) is 11.4. The van der Waals surface area contributed by atoms with Crippen LogP contribution in [0.1, 0.15) is 44.4 Å². The second-order valence-electron chi connectivity index (χ2n) is 5.67. The first kappa shape index (κ1) is 21.4. The molecule has 1 N–H and O–H groups in total. The standard InChI is InChI=1S/C18H18O3.C3H6.C2H6/c1-11-4-5-13(8-18(11)20-3)16-10-21-17-7-6-14(19)9-15(17)12(16)2;1-3-2;1-2/h4-9,19H,10H2,1-3H3;3H,1H2,2H3;1-2H3. The molecule has 0 spiro atoms. The summed E-state index contributed by atoms with van der Waals surface area (Å²) in [7, 11) is 1.68. The highest BCUT2D eigenvalue weighted by Crippen LogP contribution is 2.39. The van der Waals surface area contributed by atoms with Crippen LogP contribution in [0.4, 0.5) is 0 Å². The molecule has 0 atom stereocenters. The van der Waals surface area contributed by atoms with Crippen LogP contribution in [0.2, 0.25) is 0 Å². The van der Waals surface area contributed by atoms with Crippen molar-refractivity contribution < 1.29 is 14.6 Å². The van der Waals surface area contributed by atoms with Gasteiger partial charge in [-0.15, -0.1) is 6.58 Å². The van der Waals surface area contributed by atoms with E-state index in [4.69, 9.17) is 9.47 Å². The van der Waals surface area contributed by atoms with Gasteiger partial charge in [0.05, 0.1) is 7.11 Å². The van der Waals surface area contributed by atoms with Crippen molar-refractivity contribution in [3.63, 3.8) is 0 Å². The molecule has 0 amide bonds. The molecule has 0 saturated heterocycles. The third kappa shape index (κ3) is 4.92. The molecule has 3 nitrogen and oxygen atoms in total. The maximum atomic E-state index is 9.68. The van der Waals surface area contributed by atoms with Crippen molar-refractivity contribution in [3.8, 4) is 17.2 Å². The summed E-state index contributed by atoms with van der Waals surface area (Å²) in [6.45, 7) is 13.9. The molecule has 0 fully saturated rings. The van der Waals surface area contributed by atoms with Gasteiger partial charge in [-0.3, -0.25) is 0 Å². The lowest BCUT2D eigenvalue weighted by atomic mass is 9.93. The minimum Gasteiger partial charge on any atom is -0.508 e. The van der Waals surface area contributed by atoms with E-state index in [0.29, 0.717) is 6.61 Å². The topological polar surface area (TPSA) is 38.7 Å². The maximum Gasteiger partial charge on any atom is 0.127 e. The van der Waals surface area contributed by atoms with Crippen LogP contribution in [0.25, 0.3) is 11.1 Å². The number of aromatic hydroxyl groups is 1. The predicted octanol–water partition coefficient (Wildman–Crippen LogP) is 6.25. The summed E-state index contributed by atoms with van der Waals surface area (Å²) in [5, 5.41) is 9.68. The summed E-state index contributed by atoms with van der Waals surface area (Å²) in [4.78, 5) is 0. The zero-order valence-electron chi connectivity index (χ0n) is 16.7. The smallest absolute Gasteiger partial charge is 0.127 e. The van der Waals surface area contributed by atoms with Gasteiger partial charge in [-0.25, -0.2) is 0 Å². The Morgan fingerprint density at radius 1 is 1.12 bits per heavy atom. The van der Waals surface area contributed by atoms with E-state index >= 15 is 0 Å². The number of rotatable bonds is 2. The van der Waals surface area contributed by atoms with Crippen molar-refractivity contribution >= 4 is 11.1 Å². The Labute approximate surface area is 157 Å². The van der Waals surface area contributed by atoms with Gasteiger partial charge in [-0.05, 0) is 61.7 Å². The molecule has 0 aliphatic carbocycles. The lowest BCUT2D eigenvalue weighted by Gasteiger charge is -2.23. The minimum absolute atomic E-state index is 0.249. The van der Waals surface area contributed by atoms with Crippen LogP contribution in [0.5, 0.6) is 17.2 Å². The molecule has 1 aliphatic rings. The van der Waals surface area contributed by atoms with Gasteiger partial charge in [-0.2, -0.15) is 0 Å². The molecule has 26 heavy (non-hydrogen) atoms. The Kier molecular flexibility index (Phi) is 8.50. The summed E-state index contributed by atoms with van der Waals surface area (Å²) >= 11 is 0. The monoisotopic (exact) mass is 354 g/mol. The average Bonchev–Trinajstić information content (AvgIpc) is 2.65. The molecular weight excluding hydrogens is 324 g/mol. The first-order chi connectivity index (χ1) is 12.5. The van der Waals surface area contributed by atoms with Gasteiger partial charge < -0.3 is 14.6 Å². The number of phenols is 1. The molecule has 2 aromatic carbocycles. The summed E-state index contributed by atoms with van der Waals surface area (Å²) < 4.78 is 11.2. The molecule has 2 aromatic rings. The molecular formula is C23H30O3. The maximum absolute atomic E-state index is 9.68. The van der Waals surface area contributed by atoms with Crippen LogP contribution in [0.3, 0.4) is 0 Å². The first-order valence-electron chi connectivity index (χ1n) is 8.89. The number of phenolic OH excluding ortho intramolecular Hbond substituents is 1. The average molecular weight is 354 g/mol. The SMILES string of the molecule is C=CC.CC.COc1cc(C2=C(C)c3cc(O)ccc3OC2)ccc1C. The van der Waals surface area contributed by atoms with E-state index in [2.05, 4.69) is 19.6 Å². The van der Waals surface area contributed by atoms with Crippen LogP contribution in [-0.4, -0.2) is 18.8 Å². The lowest BCUT2D eigenvalue weighted by molar-refractivity contribution is 0.363. The van der Waals surface area contributed by atoms with E-state index in [1.54, 1.807) is 31.4 Å². The van der Waals surface area contributed by atoms with Crippen LogP contribution >= 0.6 is 0 Å². The van der Waals surface area contributed by atoms with Crippen molar-refractivity contribution in [1.29, 1.82) is 0 Å². The zero-order chi connectivity index (χ0) is 19.7. The first-order valence-corrected chi connectivity index (χ1v) is 8.89. The summed E-state index contributed by atoms with van der Waals surface area (Å²) in [6.07, 6.45) is 1.75. The number of methoxy groups -OCH3 is 1. The Morgan fingerprint density at radius 2 is 1.77 bits per heavy atom. The molecule has 1 heterocycles. The van der Waals surface area contributed by atoms with Gasteiger partial charge in [0.15, 0.2) is 0 Å². The van der Waals surface area contributed by atoms with Gasteiger partial charge in [0, 0.05) is 11.1 Å². The number of hydrogen-bond acceptors (Lipinski definition) is 3. The number of ether oxygens (including phenoxy) is 2. The van der Waals surface area contributed by atoms with Crippen molar-refractivity contribution in [2.24, 2.45) is 0 Å². The van der Waals surface area contributed by atoms with E-state index in [1.165, 1.54) is 0 Å². The highest BCUT2D eigenvalue weighted by atomic mass is 16.5. The number of hydrogen-bond donors (Lipinski definition) is 1. The molecule has 140 valence electrons.